The number of nitro groups is 1. The summed E-state index contributed by atoms with van der Waals surface area (Å²) in [5, 5.41) is 39.2. The summed E-state index contributed by atoms with van der Waals surface area (Å²) in [6, 6.07) is 17.1. The highest BCUT2D eigenvalue weighted by atomic mass is 35.5. The number of phenolic OH excluding ortho intramolecular Hbond substituents is 1. The molecule has 18 heteroatoms. The molecule has 0 fully saturated rings. The molecule has 16 nitrogen and oxygen atoms in total. The first-order valence-corrected chi connectivity index (χ1v) is 21.0. The van der Waals surface area contributed by atoms with Crippen LogP contribution in [0.3, 0.4) is 0 Å². The number of ether oxygens (including phenoxy) is 3. The van der Waals surface area contributed by atoms with Crippen LogP contribution in [0.25, 0.3) is 10.8 Å². The Kier molecular flexibility index (Phi) is 16.9. The molecular formula is C42H48ClN7O9S. The summed E-state index contributed by atoms with van der Waals surface area (Å²) in [6.07, 6.45) is 9.89. The lowest BCUT2D eigenvalue weighted by Gasteiger charge is -2.24. The molecule has 2 N–H and O–H groups in total. The monoisotopic (exact) mass is 861 g/mol. The van der Waals surface area contributed by atoms with Crippen molar-refractivity contribution >= 4 is 69.2 Å². The fraction of sp³-hybridized carbons (Fsp3) is 0.381. The van der Waals surface area contributed by atoms with Crippen molar-refractivity contribution in [2.45, 2.75) is 88.6 Å². The van der Waals surface area contributed by atoms with Crippen LogP contribution in [0.2, 0.25) is 5.02 Å². The fourth-order valence-corrected chi connectivity index (χ4v) is 7.54. The molecule has 0 aliphatic carbocycles. The number of phenols is 1. The second kappa shape index (κ2) is 22.4. The first-order chi connectivity index (χ1) is 29.0. The molecule has 1 aromatic heterocycles. The maximum absolute atomic E-state index is 14.2. The van der Waals surface area contributed by atoms with Gasteiger partial charge in [-0.05, 0) is 58.8 Å². The number of methoxy groups -OCH3 is 2. The van der Waals surface area contributed by atoms with Gasteiger partial charge in [-0.1, -0.05) is 112 Å². The van der Waals surface area contributed by atoms with Crippen LogP contribution in [0, 0.1) is 10.1 Å². The van der Waals surface area contributed by atoms with E-state index in [1.54, 1.807) is 42.5 Å². The first kappa shape index (κ1) is 45.1. The van der Waals surface area contributed by atoms with Crippen molar-refractivity contribution in [3.63, 3.8) is 0 Å². The van der Waals surface area contributed by atoms with Crippen LogP contribution in [0.1, 0.15) is 87.1 Å². The summed E-state index contributed by atoms with van der Waals surface area (Å²) in [5.41, 5.74) is 0.746. The van der Waals surface area contributed by atoms with Gasteiger partial charge in [-0.3, -0.25) is 24.6 Å². The van der Waals surface area contributed by atoms with Gasteiger partial charge in [0, 0.05) is 34.2 Å². The van der Waals surface area contributed by atoms with Crippen molar-refractivity contribution < 1.29 is 38.6 Å². The third kappa shape index (κ3) is 12.1. The van der Waals surface area contributed by atoms with Gasteiger partial charge in [0.05, 0.1) is 36.1 Å². The number of esters is 1. The number of carbonyl (C=O) groups is 3. The number of tetrazole rings is 1. The van der Waals surface area contributed by atoms with Gasteiger partial charge in [-0.15, -0.1) is 5.10 Å². The Hall–Kier alpha value is -5.94. The number of rotatable bonds is 22. The van der Waals surface area contributed by atoms with Crippen LogP contribution >= 0.6 is 23.4 Å². The standard InChI is InChI=1S/C42H48ClN7O9S/c1-4-5-6-7-8-9-10-11-12-13-23-48(34-16-14-15-31-30(34)19-20-32(39(31)52)40(53)44-33-25-29(43)18-22-36(33)57-2)42(54)59-37-21-17-28(24-35(37)50(55)56)27-60-41-45-46-47-49(41)26-38(51)58-3/h14-22,24-25,52H,4-13,23,26-27H2,1-3H3,(H,44,53). The molecule has 0 spiro atoms. The highest BCUT2D eigenvalue weighted by Gasteiger charge is 2.26. The molecule has 5 rings (SSSR count). The number of nitrogens with zero attached hydrogens (tertiary/aromatic N) is 6. The third-order valence-corrected chi connectivity index (χ3v) is 11.0. The number of unbranched alkanes of at least 4 members (excludes halogenated alkanes) is 9. The van der Waals surface area contributed by atoms with E-state index in [1.165, 1.54) is 80.2 Å². The summed E-state index contributed by atoms with van der Waals surface area (Å²) in [6.45, 7) is 2.21. The van der Waals surface area contributed by atoms with Crippen LogP contribution < -0.4 is 19.7 Å². The lowest BCUT2D eigenvalue weighted by molar-refractivity contribution is -0.385. The second-order valence-corrected chi connectivity index (χ2v) is 15.3. The molecule has 60 heavy (non-hydrogen) atoms. The maximum atomic E-state index is 14.2. The Morgan fingerprint density at radius 3 is 2.33 bits per heavy atom. The van der Waals surface area contributed by atoms with Crippen molar-refractivity contribution in [1.29, 1.82) is 0 Å². The number of hydrogen-bond donors (Lipinski definition) is 2. The summed E-state index contributed by atoms with van der Waals surface area (Å²) in [5.74, 6) is -1.16. The molecule has 0 bridgehead atoms. The van der Waals surface area contributed by atoms with Crippen LogP contribution in [0.15, 0.2) is 71.9 Å². The number of thioether (sulfide) groups is 1. The molecular weight excluding hydrogens is 814 g/mol. The number of carbonyl (C=O) groups excluding carboxylic acids is 3. The van der Waals surface area contributed by atoms with Gasteiger partial charge >= 0.3 is 17.7 Å². The van der Waals surface area contributed by atoms with E-state index in [2.05, 4.69) is 32.5 Å². The SMILES string of the molecule is CCCCCCCCCCCCN(C(=O)Oc1ccc(CSc2nnnn2CC(=O)OC)cc1[N+](=O)[O-])c1cccc2c(O)c(C(=O)Nc3cc(Cl)ccc3OC)ccc12. The van der Waals surface area contributed by atoms with Gasteiger partial charge in [0.25, 0.3) is 5.91 Å². The Bertz CT molecular complexity index is 2290. The number of halogens is 1. The van der Waals surface area contributed by atoms with Gasteiger partial charge in [-0.2, -0.15) is 0 Å². The molecule has 0 saturated carbocycles. The van der Waals surface area contributed by atoms with Gasteiger partial charge in [0.15, 0.2) is 0 Å². The predicted octanol–water partition coefficient (Wildman–Crippen LogP) is 9.75. The molecule has 0 aliphatic heterocycles. The number of nitro benzene ring substituents is 1. The minimum Gasteiger partial charge on any atom is -0.506 e. The molecule has 4 aromatic carbocycles. The number of aromatic nitrogens is 4. The van der Waals surface area contributed by atoms with Crippen molar-refractivity contribution in [2.24, 2.45) is 0 Å². The smallest absolute Gasteiger partial charge is 0.420 e. The molecule has 318 valence electrons. The molecule has 0 saturated heterocycles. The molecule has 0 atom stereocenters. The van der Waals surface area contributed by atoms with Crippen LogP contribution in [0.4, 0.5) is 21.9 Å². The summed E-state index contributed by atoms with van der Waals surface area (Å²) in [4.78, 5) is 52.4. The van der Waals surface area contributed by atoms with E-state index in [0.29, 0.717) is 50.1 Å². The van der Waals surface area contributed by atoms with Crippen LogP contribution in [0.5, 0.6) is 17.2 Å². The molecule has 0 radical (unpaired) electrons. The van der Waals surface area contributed by atoms with Gasteiger partial charge in [-0.25, -0.2) is 9.48 Å². The lowest BCUT2D eigenvalue weighted by Crippen LogP contribution is -2.34. The molecule has 2 amide bonds. The maximum Gasteiger partial charge on any atom is 0.420 e. The Morgan fingerprint density at radius 2 is 1.63 bits per heavy atom. The zero-order chi connectivity index (χ0) is 43.0. The van der Waals surface area contributed by atoms with E-state index in [1.807, 2.05) is 0 Å². The summed E-state index contributed by atoms with van der Waals surface area (Å²) >= 11 is 7.31. The molecule has 0 unspecified atom stereocenters. The highest BCUT2D eigenvalue weighted by molar-refractivity contribution is 7.98. The molecule has 5 aromatic rings. The van der Waals surface area contributed by atoms with Crippen LogP contribution in [-0.4, -0.2) is 69.0 Å². The number of nitrogens with one attached hydrogen (secondary N) is 1. The number of hydrogen-bond acceptors (Lipinski definition) is 13. The second-order valence-electron chi connectivity index (χ2n) is 13.9. The average Bonchev–Trinajstić information content (AvgIpc) is 3.68. The van der Waals surface area contributed by atoms with Gasteiger partial charge in [0.2, 0.25) is 10.9 Å². The number of fused-ring (bicyclic) bond motifs is 1. The predicted molar refractivity (Wildman–Crippen MR) is 229 cm³/mol. The molecule has 0 aliphatic rings. The van der Waals surface area contributed by atoms with Crippen molar-refractivity contribution in [3.05, 3.63) is 93.0 Å². The van der Waals surface area contributed by atoms with E-state index in [0.717, 1.165) is 37.4 Å². The zero-order valence-electron chi connectivity index (χ0n) is 33.7. The van der Waals surface area contributed by atoms with Crippen molar-refractivity contribution in [1.82, 2.24) is 20.2 Å². The minimum absolute atomic E-state index is 0.0284. The summed E-state index contributed by atoms with van der Waals surface area (Å²) in [7, 11) is 2.70. The Morgan fingerprint density at radius 1 is 0.917 bits per heavy atom. The molecule has 1 heterocycles. The number of amides is 2. The van der Waals surface area contributed by atoms with E-state index < -0.39 is 28.6 Å². The third-order valence-electron chi connectivity index (χ3n) is 9.70. The van der Waals surface area contributed by atoms with Crippen molar-refractivity contribution in [2.75, 3.05) is 31.0 Å². The Labute approximate surface area is 356 Å². The van der Waals surface area contributed by atoms with E-state index in [9.17, 15) is 29.6 Å². The first-order valence-electron chi connectivity index (χ1n) is 19.7. The zero-order valence-corrected chi connectivity index (χ0v) is 35.3. The average molecular weight is 862 g/mol. The lowest BCUT2D eigenvalue weighted by atomic mass is 10.0. The topological polar surface area (TPSA) is 201 Å². The van der Waals surface area contributed by atoms with E-state index in [-0.39, 0.29) is 35.9 Å². The van der Waals surface area contributed by atoms with E-state index in [4.69, 9.17) is 21.1 Å². The Balaban J connectivity index is 1.38. The summed E-state index contributed by atoms with van der Waals surface area (Å²) < 4.78 is 17.1. The van der Waals surface area contributed by atoms with Crippen molar-refractivity contribution in [3.8, 4) is 17.2 Å². The van der Waals surface area contributed by atoms with E-state index >= 15 is 0 Å². The quantitative estimate of drug-likeness (QED) is 0.0219. The number of benzene rings is 4. The highest BCUT2D eigenvalue weighted by Crippen LogP contribution is 2.38. The normalized spacial score (nSPS) is 11.0. The fourth-order valence-electron chi connectivity index (χ4n) is 6.54. The van der Waals surface area contributed by atoms with Gasteiger partial charge < -0.3 is 24.6 Å². The number of aromatic hydroxyl groups is 1. The largest absolute Gasteiger partial charge is 0.506 e. The van der Waals surface area contributed by atoms with Gasteiger partial charge in [0.1, 0.15) is 18.0 Å². The minimum atomic E-state index is -0.861. The number of anilines is 2. The van der Waals surface area contributed by atoms with Crippen LogP contribution in [-0.2, 0) is 21.8 Å².